The highest BCUT2D eigenvalue weighted by Gasteiger charge is 2.38. The summed E-state index contributed by atoms with van der Waals surface area (Å²) in [6, 6.07) is 3.90. The molecule has 224 valence electrons. The van der Waals surface area contributed by atoms with E-state index in [1.165, 1.54) is 12.3 Å². The van der Waals surface area contributed by atoms with E-state index in [1.807, 2.05) is 4.90 Å². The predicted octanol–water partition coefficient (Wildman–Crippen LogP) is 5.05. The number of nitrogens with two attached hydrogens (primary N) is 1. The largest absolute Gasteiger partial charge is 0.493 e. The smallest absolute Gasteiger partial charge is 0.416 e. The van der Waals surface area contributed by atoms with Crippen LogP contribution in [0.3, 0.4) is 0 Å². The number of anilines is 2. The number of hydrogen-bond donors (Lipinski definition) is 2. The number of pyridine rings is 1. The zero-order valence-electron chi connectivity index (χ0n) is 23.0. The highest BCUT2D eigenvalue weighted by Crippen LogP contribution is 2.41. The number of fused-ring (bicyclic) bond motifs is 2. The maximum atomic E-state index is 15.6. The average Bonchev–Trinajstić information content (AvgIpc) is 3.55. The zero-order chi connectivity index (χ0) is 30.5. The molecule has 0 bridgehead atoms. The zero-order valence-corrected chi connectivity index (χ0v) is 23.0. The second-order valence-corrected chi connectivity index (χ2v) is 10.5. The number of carbonyl (C=O) groups is 2. The van der Waals surface area contributed by atoms with Crippen molar-refractivity contribution in [3.63, 3.8) is 0 Å². The number of benzene rings is 1. The van der Waals surface area contributed by atoms with E-state index in [0.29, 0.717) is 30.4 Å². The number of rotatable bonds is 6. The Bertz CT molecular complexity index is 1740. The monoisotopic (exact) mass is 597 g/mol. The van der Waals surface area contributed by atoms with E-state index in [-0.39, 0.29) is 47.3 Å². The Hall–Kier alpha value is -4.75. The van der Waals surface area contributed by atoms with E-state index in [2.05, 4.69) is 15.3 Å². The lowest BCUT2D eigenvalue weighted by molar-refractivity contribution is -0.137. The van der Waals surface area contributed by atoms with Crippen LogP contribution in [0.5, 0.6) is 5.75 Å². The van der Waals surface area contributed by atoms with Crippen molar-refractivity contribution in [2.75, 3.05) is 24.2 Å². The topological polar surface area (TPSA) is 128 Å². The molecule has 3 aromatic heterocycles. The van der Waals surface area contributed by atoms with Crippen LogP contribution in [0.25, 0.3) is 16.8 Å². The summed E-state index contributed by atoms with van der Waals surface area (Å²) in [5, 5.41) is 2.22. The van der Waals surface area contributed by atoms with Crippen LogP contribution in [0.4, 0.5) is 29.2 Å². The lowest BCUT2D eigenvalue weighted by atomic mass is 9.92. The summed E-state index contributed by atoms with van der Waals surface area (Å²) in [5.41, 5.74) is 5.72. The maximum Gasteiger partial charge on any atom is 0.416 e. The van der Waals surface area contributed by atoms with Crippen molar-refractivity contribution in [3.8, 4) is 17.0 Å². The molecule has 0 spiro atoms. The van der Waals surface area contributed by atoms with Crippen molar-refractivity contribution in [3.05, 3.63) is 65.6 Å². The molecule has 6 rings (SSSR count). The van der Waals surface area contributed by atoms with Crippen LogP contribution < -0.4 is 15.8 Å². The Balaban J connectivity index is 1.39. The van der Waals surface area contributed by atoms with Gasteiger partial charge in [-0.3, -0.25) is 14.0 Å². The van der Waals surface area contributed by atoms with Crippen molar-refractivity contribution in [1.29, 1.82) is 0 Å². The van der Waals surface area contributed by atoms with Crippen molar-refractivity contribution in [1.82, 2.24) is 24.3 Å². The van der Waals surface area contributed by atoms with Gasteiger partial charge in [-0.25, -0.2) is 19.3 Å². The Morgan fingerprint density at radius 1 is 1.16 bits per heavy atom. The molecule has 2 amide bonds. The molecule has 0 saturated carbocycles. The molecule has 2 saturated heterocycles. The number of aromatic nitrogens is 4. The Morgan fingerprint density at radius 3 is 2.74 bits per heavy atom. The summed E-state index contributed by atoms with van der Waals surface area (Å²) >= 11 is 0. The predicted molar refractivity (Wildman–Crippen MR) is 148 cm³/mol. The summed E-state index contributed by atoms with van der Waals surface area (Å²) in [6.07, 6.45) is 2.49. The molecule has 2 unspecified atom stereocenters. The van der Waals surface area contributed by atoms with Gasteiger partial charge in [-0.2, -0.15) is 13.2 Å². The van der Waals surface area contributed by atoms with Gasteiger partial charge in [0.05, 0.1) is 17.7 Å². The number of alkyl halides is 3. The second kappa shape index (κ2) is 10.8. The number of nitrogen functional groups attached to an aromatic ring is 1. The van der Waals surface area contributed by atoms with E-state index in [9.17, 15) is 22.8 Å². The van der Waals surface area contributed by atoms with E-state index < -0.39 is 34.8 Å². The lowest BCUT2D eigenvalue weighted by Crippen LogP contribution is -2.41. The Morgan fingerprint density at radius 2 is 1.98 bits per heavy atom. The third-order valence-electron chi connectivity index (χ3n) is 7.89. The molecule has 43 heavy (non-hydrogen) atoms. The SMILES string of the molecule is CCOc1cc(C(=O)Nc2cc(C(F)(F)F)ccn2)c(F)cc1-c1nc(C2CCC3CCC(=O)N3C2)n2ccnc(N)c12. The van der Waals surface area contributed by atoms with Gasteiger partial charge in [0.25, 0.3) is 5.91 Å². The van der Waals surface area contributed by atoms with E-state index in [1.54, 1.807) is 17.5 Å². The highest BCUT2D eigenvalue weighted by atomic mass is 19.4. The molecular weight excluding hydrogens is 570 g/mol. The van der Waals surface area contributed by atoms with E-state index >= 15 is 4.39 Å². The standard InChI is InChI=1S/C29H27F4N7O3/c1-2-43-21-13-18(28(42)37-22-11-16(7-8-35-22)29(31,32)33)20(30)12-19(21)24-25-26(34)36-9-10-39(25)27(38-24)15-3-4-17-5-6-23(41)40(17)14-15/h7-13,15,17H,2-6,14H2,1H3,(H2,34,36)(H,35,37,42). The Labute approximate surface area is 242 Å². The van der Waals surface area contributed by atoms with Gasteiger partial charge < -0.3 is 20.7 Å². The van der Waals surface area contributed by atoms with Crippen LogP contribution in [-0.4, -0.2) is 55.3 Å². The van der Waals surface area contributed by atoms with Gasteiger partial charge in [0.15, 0.2) is 0 Å². The van der Waals surface area contributed by atoms with Gasteiger partial charge in [0.2, 0.25) is 5.91 Å². The lowest BCUT2D eigenvalue weighted by Gasteiger charge is -2.34. The van der Waals surface area contributed by atoms with Crippen molar-refractivity contribution >= 4 is 29.0 Å². The number of hydrogen-bond acceptors (Lipinski definition) is 7. The van der Waals surface area contributed by atoms with Gasteiger partial charge in [0, 0.05) is 49.1 Å². The molecule has 4 aromatic rings. The van der Waals surface area contributed by atoms with Crippen molar-refractivity contribution < 1.29 is 31.9 Å². The fourth-order valence-corrected chi connectivity index (χ4v) is 5.89. The molecule has 10 nitrogen and oxygen atoms in total. The fourth-order valence-electron chi connectivity index (χ4n) is 5.89. The summed E-state index contributed by atoms with van der Waals surface area (Å²) in [6.45, 7) is 2.36. The number of imidazole rings is 1. The van der Waals surface area contributed by atoms with E-state index in [0.717, 1.165) is 37.6 Å². The van der Waals surface area contributed by atoms with Crippen LogP contribution >= 0.6 is 0 Å². The van der Waals surface area contributed by atoms with Gasteiger partial charge in [0.1, 0.15) is 40.2 Å². The first-order valence-electron chi connectivity index (χ1n) is 13.8. The number of nitrogens with zero attached hydrogens (tertiary/aromatic N) is 5. The molecule has 3 N–H and O–H groups in total. The minimum Gasteiger partial charge on any atom is -0.493 e. The quantitative estimate of drug-likeness (QED) is 0.298. The maximum absolute atomic E-state index is 15.6. The summed E-state index contributed by atoms with van der Waals surface area (Å²) in [7, 11) is 0. The molecule has 2 aliphatic rings. The first-order valence-corrected chi connectivity index (χ1v) is 13.8. The van der Waals surface area contributed by atoms with Crippen LogP contribution in [0.1, 0.15) is 60.3 Å². The van der Waals surface area contributed by atoms with Gasteiger partial charge in [-0.15, -0.1) is 0 Å². The molecule has 2 aliphatic heterocycles. The Kier molecular flexibility index (Phi) is 7.14. The molecule has 14 heteroatoms. The van der Waals surface area contributed by atoms with Crippen LogP contribution in [0, 0.1) is 5.82 Å². The minimum absolute atomic E-state index is 0.105. The van der Waals surface area contributed by atoms with Gasteiger partial charge in [-0.1, -0.05) is 0 Å². The van der Waals surface area contributed by atoms with Crippen LogP contribution in [-0.2, 0) is 11.0 Å². The van der Waals surface area contributed by atoms with Crippen LogP contribution in [0.2, 0.25) is 0 Å². The number of ether oxygens (including phenoxy) is 1. The average molecular weight is 598 g/mol. The number of halogens is 4. The van der Waals surface area contributed by atoms with E-state index in [4.69, 9.17) is 15.5 Å². The van der Waals surface area contributed by atoms with Crippen LogP contribution in [0.15, 0.2) is 42.9 Å². The number of carbonyl (C=O) groups excluding carboxylic acids is 2. The number of nitrogens with one attached hydrogen (secondary N) is 1. The molecule has 2 atom stereocenters. The molecule has 0 radical (unpaired) electrons. The third kappa shape index (κ3) is 5.21. The molecule has 5 heterocycles. The number of amides is 2. The minimum atomic E-state index is -4.65. The molecular formula is C29H27F4N7O3. The van der Waals surface area contributed by atoms with Crippen molar-refractivity contribution in [2.45, 2.75) is 50.7 Å². The normalized spacial score (nSPS) is 18.6. The first kappa shape index (κ1) is 28.4. The summed E-state index contributed by atoms with van der Waals surface area (Å²) < 4.78 is 62.5. The fraction of sp³-hybridized carbons (Fsp3) is 0.345. The summed E-state index contributed by atoms with van der Waals surface area (Å²) in [5.74, 6) is -1.47. The van der Waals surface area contributed by atoms with Gasteiger partial charge in [-0.05, 0) is 50.5 Å². The first-order chi connectivity index (χ1) is 20.5. The van der Waals surface area contributed by atoms with Gasteiger partial charge >= 0.3 is 6.18 Å². The molecule has 1 aromatic carbocycles. The second-order valence-electron chi connectivity index (χ2n) is 10.5. The third-order valence-corrected chi connectivity index (χ3v) is 7.89. The molecule has 0 aliphatic carbocycles. The van der Waals surface area contributed by atoms with Crippen molar-refractivity contribution in [2.24, 2.45) is 0 Å². The molecule has 2 fully saturated rings. The number of piperidine rings is 1. The highest BCUT2D eigenvalue weighted by molar-refractivity contribution is 6.05. The summed E-state index contributed by atoms with van der Waals surface area (Å²) in [4.78, 5) is 40.2.